The number of nitrogens with one attached hydrogen (secondary N) is 1. The van der Waals surface area contributed by atoms with Gasteiger partial charge in [-0.15, -0.1) is 0 Å². The SMILES string of the molecule is CNC(=O)N(C)N1CC(=O)N2[C@@H](Cc3ccc(OCCO)cc3)C(=O)N(Cc3cccc4ccccc34)C[C@@H]21. The van der Waals surface area contributed by atoms with Crippen LogP contribution in [-0.4, -0.2) is 95.4 Å². The van der Waals surface area contributed by atoms with Crippen molar-refractivity contribution in [3.8, 4) is 5.75 Å². The van der Waals surface area contributed by atoms with E-state index in [9.17, 15) is 14.4 Å². The van der Waals surface area contributed by atoms with Crippen LogP contribution in [-0.2, 0) is 22.6 Å². The van der Waals surface area contributed by atoms with Crippen molar-refractivity contribution < 1.29 is 24.2 Å². The molecule has 2 fully saturated rings. The first-order chi connectivity index (χ1) is 18.9. The molecule has 10 nitrogen and oxygen atoms in total. The van der Waals surface area contributed by atoms with E-state index < -0.39 is 12.2 Å². The summed E-state index contributed by atoms with van der Waals surface area (Å²) in [7, 11) is 3.17. The fraction of sp³-hybridized carbons (Fsp3) is 0.345. The summed E-state index contributed by atoms with van der Waals surface area (Å²) in [6.07, 6.45) is -0.157. The Bertz CT molecular complexity index is 1360. The minimum absolute atomic E-state index is 0.00835. The van der Waals surface area contributed by atoms with Crippen molar-refractivity contribution in [2.45, 2.75) is 25.2 Å². The van der Waals surface area contributed by atoms with Crippen LogP contribution in [0.3, 0.4) is 0 Å². The first-order valence-corrected chi connectivity index (χ1v) is 13.0. The van der Waals surface area contributed by atoms with Crippen LogP contribution < -0.4 is 10.1 Å². The van der Waals surface area contributed by atoms with Crippen molar-refractivity contribution in [2.75, 3.05) is 40.4 Å². The van der Waals surface area contributed by atoms with E-state index >= 15 is 0 Å². The van der Waals surface area contributed by atoms with Crippen molar-refractivity contribution in [2.24, 2.45) is 0 Å². The number of aliphatic hydroxyl groups excluding tert-OH is 1. The fourth-order valence-corrected chi connectivity index (χ4v) is 5.47. The van der Waals surface area contributed by atoms with Crippen LogP contribution in [0.15, 0.2) is 66.7 Å². The molecule has 3 aromatic carbocycles. The Hall–Kier alpha value is -4.15. The Kier molecular flexibility index (Phi) is 7.67. The van der Waals surface area contributed by atoms with E-state index in [0.717, 1.165) is 21.9 Å². The van der Waals surface area contributed by atoms with Gasteiger partial charge in [0.15, 0.2) is 0 Å². The molecule has 0 bridgehead atoms. The normalized spacial score (nSPS) is 19.4. The molecule has 0 unspecified atom stereocenters. The topological polar surface area (TPSA) is 106 Å². The van der Waals surface area contributed by atoms with Gasteiger partial charge in [-0.3, -0.25) is 14.6 Å². The number of urea groups is 1. The van der Waals surface area contributed by atoms with E-state index in [4.69, 9.17) is 9.84 Å². The number of aliphatic hydroxyl groups is 1. The molecular formula is C29H33N5O5. The third-order valence-electron chi connectivity index (χ3n) is 7.41. The van der Waals surface area contributed by atoms with Crippen LogP contribution in [0.4, 0.5) is 4.79 Å². The van der Waals surface area contributed by atoms with Gasteiger partial charge in [-0.25, -0.2) is 4.79 Å². The number of ether oxygens (including phenoxy) is 1. The van der Waals surface area contributed by atoms with Crippen molar-refractivity contribution in [3.05, 3.63) is 77.9 Å². The highest BCUT2D eigenvalue weighted by molar-refractivity contribution is 5.92. The molecule has 0 radical (unpaired) electrons. The van der Waals surface area contributed by atoms with Crippen LogP contribution in [0.1, 0.15) is 11.1 Å². The summed E-state index contributed by atoms with van der Waals surface area (Å²) in [5.74, 6) is 0.299. The van der Waals surface area contributed by atoms with Gasteiger partial charge >= 0.3 is 6.03 Å². The monoisotopic (exact) mass is 531 g/mol. The number of fused-ring (bicyclic) bond motifs is 2. The number of amides is 4. The summed E-state index contributed by atoms with van der Waals surface area (Å²) in [6, 6.07) is 20.4. The number of hydrazine groups is 1. The van der Waals surface area contributed by atoms with E-state index in [-0.39, 0.29) is 44.1 Å². The van der Waals surface area contributed by atoms with Gasteiger partial charge in [-0.1, -0.05) is 54.6 Å². The van der Waals surface area contributed by atoms with E-state index in [1.54, 1.807) is 41.0 Å². The van der Waals surface area contributed by atoms with Crippen LogP contribution in [0.5, 0.6) is 5.75 Å². The maximum atomic E-state index is 14.0. The predicted octanol–water partition coefficient (Wildman–Crippen LogP) is 1.82. The lowest BCUT2D eigenvalue weighted by Gasteiger charge is -2.45. The minimum Gasteiger partial charge on any atom is -0.491 e. The summed E-state index contributed by atoms with van der Waals surface area (Å²) in [4.78, 5) is 43.2. The molecule has 2 N–H and O–H groups in total. The molecule has 2 atom stereocenters. The maximum Gasteiger partial charge on any atom is 0.331 e. The van der Waals surface area contributed by atoms with Crippen LogP contribution in [0.2, 0.25) is 0 Å². The number of carbonyl (C=O) groups is 3. The maximum absolute atomic E-state index is 14.0. The second-order valence-electron chi connectivity index (χ2n) is 9.75. The second kappa shape index (κ2) is 11.3. The summed E-state index contributed by atoms with van der Waals surface area (Å²) in [5.41, 5.74) is 1.90. The zero-order valence-corrected chi connectivity index (χ0v) is 22.1. The van der Waals surface area contributed by atoms with Gasteiger partial charge < -0.3 is 25.0 Å². The van der Waals surface area contributed by atoms with Crippen LogP contribution in [0, 0.1) is 0 Å². The number of hydrogen-bond acceptors (Lipinski definition) is 6. The highest BCUT2D eigenvalue weighted by Gasteiger charge is 2.51. The molecule has 3 aromatic rings. The summed E-state index contributed by atoms with van der Waals surface area (Å²) >= 11 is 0. The third-order valence-corrected chi connectivity index (χ3v) is 7.41. The molecule has 2 saturated heterocycles. The molecular weight excluding hydrogens is 498 g/mol. The zero-order chi connectivity index (χ0) is 27.5. The molecule has 0 spiro atoms. The van der Waals surface area contributed by atoms with Gasteiger partial charge in [-0.05, 0) is 34.0 Å². The Morgan fingerprint density at radius 3 is 2.56 bits per heavy atom. The van der Waals surface area contributed by atoms with Crippen molar-refractivity contribution in [3.63, 3.8) is 0 Å². The average Bonchev–Trinajstić information content (AvgIpc) is 3.29. The molecule has 0 aliphatic carbocycles. The Labute approximate surface area is 227 Å². The molecule has 2 aliphatic heterocycles. The second-order valence-corrected chi connectivity index (χ2v) is 9.75. The Morgan fingerprint density at radius 2 is 1.82 bits per heavy atom. The first-order valence-electron chi connectivity index (χ1n) is 13.0. The molecule has 10 heteroatoms. The number of piperazine rings is 1. The van der Waals surface area contributed by atoms with E-state index in [1.165, 1.54) is 5.01 Å². The van der Waals surface area contributed by atoms with E-state index in [1.807, 2.05) is 54.6 Å². The summed E-state index contributed by atoms with van der Waals surface area (Å²) in [5, 5.41) is 16.9. The van der Waals surface area contributed by atoms with Gasteiger partial charge in [0.1, 0.15) is 24.6 Å². The molecule has 39 heavy (non-hydrogen) atoms. The van der Waals surface area contributed by atoms with Crippen LogP contribution >= 0.6 is 0 Å². The number of carbonyl (C=O) groups excluding carboxylic acids is 3. The molecule has 0 aromatic heterocycles. The van der Waals surface area contributed by atoms with Gasteiger partial charge in [0, 0.05) is 27.1 Å². The lowest BCUT2D eigenvalue weighted by atomic mass is 9.99. The quantitative estimate of drug-likeness (QED) is 0.460. The smallest absolute Gasteiger partial charge is 0.331 e. The van der Waals surface area contributed by atoms with Gasteiger partial charge in [-0.2, -0.15) is 5.01 Å². The minimum atomic E-state index is -0.724. The molecule has 2 heterocycles. The summed E-state index contributed by atoms with van der Waals surface area (Å²) < 4.78 is 5.46. The largest absolute Gasteiger partial charge is 0.491 e. The zero-order valence-electron chi connectivity index (χ0n) is 22.1. The van der Waals surface area contributed by atoms with Gasteiger partial charge in [0.25, 0.3) is 0 Å². The number of hydrogen-bond donors (Lipinski definition) is 2. The Balaban J connectivity index is 1.47. The molecule has 5 rings (SSSR count). The number of benzene rings is 3. The Morgan fingerprint density at radius 1 is 1.08 bits per heavy atom. The van der Waals surface area contributed by atoms with Crippen molar-refractivity contribution >= 4 is 28.6 Å². The summed E-state index contributed by atoms with van der Waals surface area (Å²) in [6.45, 7) is 0.793. The fourth-order valence-electron chi connectivity index (χ4n) is 5.47. The standard InChI is InChI=1S/C29H33N5O5/c1-30-29(38)31(2)33-19-27(36)34-25(16-20-10-12-23(13-11-20)39-15-14-35)28(37)32(18-26(33)34)17-22-8-5-7-21-6-3-4-9-24(21)22/h3-13,25-26,35H,14-19H2,1-2H3,(H,30,38)/t25-,26+/m0/s1. The molecule has 2 aliphatic rings. The molecule has 4 amide bonds. The molecule has 204 valence electrons. The van der Waals surface area contributed by atoms with Gasteiger partial charge in [0.05, 0.1) is 19.7 Å². The van der Waals surface area contributed by atoms with E-state index in [0.29, 0.717) is 18.7 Å². The predicted molar refractivity (Wildman–Crippen MR) is 145 cm³/mol. The first kappa shape index (κ1) is 26.5. The highest BCUT2D eigenvalue weighted by atomic mass is 16.5. The number of rotatable bonds is 8. The van der Waals surface area contributed by atoms with Gasteiger partial charge in [0.2, 0.25) is 11.8 Å². The highest BCUT2D eigenvalue weighted by Crippen LogP contribution is 2.31. The van der Waals surface area contributed by atoms with Crippen molar-refractivity contribution in [1.29, 1.82) is 0 Å². The van der Waals surface area contributed by atoms with E-state index in [2.05, 4.69) is 5.32 Å². The lowest BCUT2D eigenvalue weighted by Crippen LogP contribution is -2.65. The van der Waals surface area contributed by atoms with Crippen molar-refractivity contribution in [1.82, 2.24) is 25.1 Å². The lowest BCUT2D eigenvalue weighted by molar-refractivity contribution is -0.157. The van der Waals surface area contributed by atoms with Crippen LogP contribution in [0.25, 0.3) is 10.8 Å². The number of nitrogens with zero attached hydrogens (tertiary/aromatic N) is 4. The average molecular weight is 532 g/mol. The third kappa shape index (κ3) is 5.25. The molecule has 0 saturated carbocycles.